The van der Waals surface area contributed by atoms with Crippen molar-refractivity contribution in [2.45, 2.75) is 39.2 Å². The molecule has 0 aromatic carbocycles. The van der Waals surface area contributed by atoms with Gasteiger partial charge >= 0.3 is 0 Å². The number of allylic oxidation sites excluding steroid dienone is 1. The highest BCUT2D eigenvalue weighted by Crippen LogP contribution is 2.30. The molecule has 1 aromatic heterocycles. The van der Waals surface area contributed by atoms with Gasteiger partial charge in [-0.3, -0.25) is 14.5 Å². The average molecular weight is 418 g/mol. The van der Waals surface area contributed by atoms with Crippen LogP contribution in [0, 0.1) is 11.8 Å². The summed E-state index contributed by atoms with van der Waals surface area (Å²) < 4.78 is 6.97. The van der Waals surface area contributed by atoms with E-state index in [1.807, 2.05) is 29.5 Å². The van der Waals surface area contributed by atoms with Crippen molar-refractivity contribution in [2.75, 3.05) is 51.8 Å². The maximum Gasteiger partial charge on any atom is 0.239 e. The normalized spacial score (nSPS) is 21.3. The van der Waals surface area contributed by atoms with Crippen LogP contribution in [0.5, 0.6) is 0 Å². The number of hydrogen-bond donors (Lipinski definition) is 1. The Labute approximate surface area is 179 Å². The summed E-state index contributed by atoms with van der Waals surface area (Å²) in [5.41, 5.74) is 0. The SMILES string of the molecule is COCCN1CC=CCC(C2CCN(CC(=O)Nc3ccnn3C(C)C)CC2)C1=O. The van der Waals surface area contributed by atoms with Gasteiger partial charge in [0.1, 0.15) is 5.82 Å². The zero-order valence-corrected chi connectivity index (χ0v) is 18.4. The van der Waals surface area contributed by atoms with Crippen LogP contribution in [0.2, 0.25) is 0 Å². The van der Waals surface area contributed by atoms with Crippen LogP contribution in [0.1, 0.15) is 39.2 Å². The van der Waals surface area contributed by atoms with E-state index in [2.05, 4.69) is 27.5 Å². The molecule has 0 saturated carbocycles. The van der Waals surface area contributed by atoms with E-state index in [9.17, 15) is 9.59 Å². The second-order valence-corrected chi connectivity index (χ2v) is 8.51. The van der Waals surface area contributed by atoms with Crippen molar-refractivity contribution < 1.29 is 14.3 Å². The summed E-state index contributed by atoms with van der Waals surface area (Å²) in [4.78, 5) is 29.6. The molecule has 2 amide bonds. The largest absolute Gasteiger partial charge is 0.383 e. The number of ether oxygens (including phenoxy) is 1. The molecule has 1 saturated heterocycles. The average Bonchev–Trinajstić information content (AvgIpc) is 3.11. The maximum absolute atomic E-state index is 13.0. The molecule has 8 heteroatoms. The van der Waals surface area contributed by atoms with Crippen LogP contribution in [0.3, 0.4) is 0 Å². The van der Waals surface area contributed by atoms with Gasteiger partial charge in [-0.1, -0.05) is 12.2 Å². The lowest BCUT2D eigenvalue weighted by molar-refractivity contribution is -0.138. The molecular formula is C22H35N5O3. The number of rotatable bonds is 8. The number of carbonyl (C=O) groups excluding carboxylic acids is 2. The van der Waals surface area contributed by atoms with Crippen molar-refractivity contribution in [1.82, 2.24) is 19.6 Å². The van der Waals surface area contributed by atoms with Gasteiger partial charge in [0.05, 0.1) is 19.3 Å². The first-order chi connectivity index (χ1) is 14.5. The maximum atomic E-state index is 13.0. The molecule has 0 aliphatic carbocycles. The monoisotopic (exact) mass is 417 g/mol. The molecule has 0 radical (unpaired) electrons. The molecule has 0 spiro atoms. The number of methoxy groups -OCH3 is 1. The summed E-state index contributed by atoms with van der Waals surface area (Å²) in [6, 6.07) is 2.02. The number of aromatic nitrogens is 2. The number of carbonyl (C=O) groups is 2. The number of amides is 2. The molecule has 3 rings (SSSR count). The molecule has 3 heterocycles. The van der Waals surface area contributed by atoms with Gasteiger partial charge in [0.25, 0.3) is 0 Å². The van der Waals surface area contributed by atoms with Gasteiger partial charge < -0.3 is 15.0 Å². The highest BCUT2D eigenvalue weighted by atomic mass is 16.5. The molecule has 1 atom stereocenters. The lowest BCUT2D eigenvalue weighted by Gasteiger charge is -2.36. The van der Waals surface area contributed by atoms with Crippen molar-refractivity contribution in [3.05, 3.63) is 24.4 Å². The second-order valence-electron chi connectivity index (χ2n) is 8.51. The molecule has 1 aromatic rings. The number of likely N-dealkylation sites (tertiary alicyclic amines) is 1. The van der Waals surface area contributed by atoms with Crippen molar-refractivity contribution in [3.63, 3.8) is 0 Å². The number of anilines is 1. The van der Waals surface area contributed by atoms with Crippen LogP contribution in [0.4, 0.5) is 5.82 Å². The third kappa shape index (κ3) is 5.70. The Morgan fingerprint density at radius 2 is 2.07 bits per heavy atom. The summed E-state index contributed by atoms with van der Waals surface area (Å²) in [5, 5.41) is 7.23. The Morgan fingerprint density at radius 3 is 2.77 bits per heavy atom. The lowest BCUT2D eigenvalue weighted by Crippen LogP contribution is -2.44. The van der Waals surface area contributed by atoms with Gasteiger partial charge in [-0.05, 0) is 52.1 Å². The van der Waals surface area contributed by atoms with E-state index in [4.69, 9.17) is 4.74 Å². The van der Waals surface area contributed by atoms with E-state index in [1.54, 1.807) is 13.3 Å². The summed E-state index contributed by atoms with van der Waals surface area (Å²) in [7, 11) is 1.66. The number of hydrogen-bond acceptors (Lipinski definition) is 5. The molecule has 30 heavy (non-hydrogen) atoms. The van der Waals surface area contributed by atoms with E-state index in [0.29, 0.717) is 32.2 Å². The van der Waals surface area contributed by atoms with E-state index in [-0.39, 0.29) is 23.8 Å². The molecular weight excluding hydrogens is 382 g/mol. The Bertz CT molecular complexity index is 737. The minimum absolute atomic E-state index is 0.0185. The Hall–Kier alpha value is -2.19. The molecule has 0 bridgehead atoms. The third-order valence-corrected chi connectivity index (χ3v) is 6.07. The molecule has 2 aliphatic rings. The summed E-state index contributed by atoms with van der Waals surface area (Å²) in [6.45, 7) is 8.00. The van der Waals surface area contributed by atoms with Crippen molar-refractivity contribution in [1.29, 1.82) is 0 Å². The predicted octanol–water partition coefficient (Wildman–Crippen LogP) is 2.17. The number of nitrogens with zero attached hydrogens (tertiary/aromatic N) is 4. The first kappa shape index (κ1) is 22.5. The standard InChI is InChI=1S/C22H35N5O3/c1-17(2)27-20(7-10-23-27)24-21(28)16-25-12-8-18(9-13-25)19-6-4-5-11-26(22(19)29)14-15-30-3/h4-5,7,10,17-19H,6,8-9,11-16H2,1-3H3,(H,24,28). The molecule has 2 aliphatic heterocycles. The number of nitrogens with one attached hydrogen (secondary N) is 1. The van der Waals surface area contributed by atoms with Crippen LogP contribution in [0.25, 0.3) is 0 Å². The van der Waals surface area contributed by atoms with E-state index >= 15 is 0 Å². The van der Waals surface area contributed by atoms with E-state index in [0.717, 1.165) is 38.2 Å². The Morgan fingerprint density at radius 1 is 1.30 bits per heavy atom. The summed E-state index contributed by atoms with van der Waals surface area (Å²) in [5.74, 6) is 1.37. The van der Waals surface area contributed by atoms with Gasteiger partial charge in [0, 0.05) is 38.2 Å². The minimum Gasteiger partial charge on any atom is -0.383 e. The first-order valence-corrected chi connectivity index (χ1v) is 11.0. The van der Waals surface area contributed by atoms with Crippen molar-refractivity contribution in [3.8, 4) is 0 Å². The molecule has 1 N–H and O–H groups in total. The van der Waals surface area contributed by atoms with Gasteiger partial charge in [-0.2, -0.15) is 5.10 Å². The van der Waals surface area contributed by atoms with Crippen molar-refractivity contribution in [2.24, 2.45) is 11.8 Å². The highest BCUT2D eigenvalue weighted by molar-refractivity contribution is 5.91. The van der Waals surface area contributed by atoms with Crippen LogP contribution in [-0.2, 0) is 14.3 Å². The second kappa shape index (κ2) is 10.7. The Balaban J connectivity index is 1.49. The van der Waals surface area contributed by atoms with Crippen LogP contribution in [0.15, 0.2) is 24.4 Å². The van der Waals surface area contributed by atoms with Gasteiger partial charge in [-0.25, -0.2) is 4.68 Å². The van der Waals surface area contributed by atoms with Gasteiger partial charge in [0.15, 0.2) is 0 Å². The molecule has 8 nitrogen and oxygen atoms in total. The molecule has 166 valence electrons. The quantitative estimate of drug-likeness (QED) is 0.656. The fourth-order valence-electron chi connectivity index (χ4n) is 4.39. The summed E-state index contributed by atoms with van der Waals surface area (Å²) >= 11 is 0. The third-order valence-electron chi connectivity index (χ3n) is 6.07. The fraction of sp³-hybridized carbons (Fsp3) is 0.682. The van der Waals surface area contributed by atoms with Gasteiger partial charge in [0.2, 0.25) is 11.8 Å². The van der Waals surface area contributed by atoms with Crippen LogP contribution >= 0.6 is 0 Å². The zero-order valence-electron chi connectivity index (χ0n) is 18.4. The van der Waals surface area contributed by atoms with Gasteiger partial charge in [-0.15, -0.1) is 0 Å². The lowest BCUT2D eigenvalue weighted by atomic mass is 9.81. The van der Waals surface area contributed by atoms with Crippen molar-refractivity contribution >= 4 is 17.6 Å². The highest BCUT2D eigenvalue weighted by Gasteiger charge is 2.34. The predicted molar refractivity (Wildman–Crippen MR) is 116 cm³/mol. The molecule has 1 fully saturated rings. The molecule has 1 unspecified atom stereocenters. The van der Waals surface area contributed by atoms with Crippen LogP contribution < -0.4 is 5.32 Å². The van der Waals surface area contributed by atoms with E-state index in [1.165, 1.54) is 0 Å². The van der Waals surface area contributed by atoms with E-state index < -0.39 is 0 Å². The van der Waals surface area contributed by atoms with Crippen LogP contribution in [-0.4, -0.2) is 77.8 Å². The first-order valence-electron chi connectivity index (χ1n) is 11.0. The minimum atomic E-state index is -0.0185. The zero-order chi connectivity index (χ0) is 21.5. The number of piperidine rings is 1. The topological polar surface area (TPSA) is 79.7 Å². The summed E-state index contributed by atoms with van der Waals surface area (Å²) in [6.07, 6.45) is 8.64. The Kier molecular flexibility index (Phi) is 8.04. The smallest absolute Gasteiger partial charge is 0.239 e. The fourth-order valence-corrected chi connectivity index (χ4v) is 4.39.